The predicted molar refractivity (Wildman–Crippen MR) is 78.2 cm³/mol. The molecule has 8 heteroatoms. The van der Waals surface area contributed by atoms with E-state index in [9.17, 15) is 10.1 Å². The van der Waals surface area contributed by atoms with Crippen molar-refractivity contribution in [1.82, 2.24) is 4.98 Å². The highest BCUT2D eigenvalue weighted by molar-refractivity contribution is 6.34. The first-order valence-corrected chi connectivity index (χ1v) is 6.52. The number of halogens is 2. The number of pyridine rings is 1. The van der Waals surface area contributed by atoms with Gasteiger partial charge in [-0.25, -0.2) is 4.98 Å². The summed E-state index contributed by atoms with van der Waals surface area (Å²) in [6, 6.07) is 5.83. The second-order valence-electron chi connectivity index (χ2n) is 3.98. The SMILES string of the molecule is COc1ccc(OCc2cnc(Cl)cc2Cl)cc1[N+](=O)[O-]. The number of aromatic nitrogens is 1. The monoisotopic (exact) mass is 328 g/mol. The number of benzene rings is 1. The van der Waals surface area contributed by atoms with Gasteiger partial charge in [0.1, 0.15) is 17.5 Å². The smallest absolute Gasteiger partial charge is 0.314 e. The van der Waals surface area contributed by atoms with E-state index in [1.165, 1.54) is 31.5 Å². The molecule has 0 unspecified atom stereocenters. The van der Waals surface area contributed by atoms with E-state index < -0.39 is 4.92 Å². The maximum atomic E-state index is 10.9. The molecular weight excluding hydrogens is 319 g/mol. The normalized spacial score (nSPS) is 10.2. The molecule has 2 aromatic rings. The van der Waals surface area contributed by atoms with Crippen LogP contribution in [0.15, 0.2) is 30.5 Å². The average molecular weight is 329 g/mol. The number of nitro benzene ring substituents is 1. The van der Waals surface area contributed by atoms with Crippen LogP contribution in [0.3, 0.4) is 0 Å². The highest BCUT2D eigenvalue weighted by Crippen LogP contribution is 2.31. The molecule has 1 heterocycles. The lowest BCUT2D eigenvalue weighted by Gasteiger charge is -2.09. The molecule has 0 atom stereocenters. The van der Waals surface area contributed by atoms with Crippen LogP contribution < -0.4 is 9.47 Å². The molecule has 21 heavy (non-hydrogen) atoms. The summed E-state index contributed by atoms with van der Waals surface area (Å²) in [5.74, 6) is 0.493. The summed E-state index contributed by atoms with van der Waals surface area (Å²) in [6.45, 7) is 0.118. The number of rotatable bonds is 5. The van der Waals surface area contributed by atoms with Gasteiger partial charge in [-0.05, 0) is 18.2 Å². The Morgan fingerprint density at radius 3 is 2.71 bits per heavy atom. The van der Waals surface area contributed by atoms with Gasteiger partial charge in [-0.15, -0.1) is 0 Å². The fourth-order valence-electron chi connectivity index (χ4n) is 1.61. The lowest BCUT2D eigenvalue weighted by atomic mass is 10.2. The molecule has 0 aliphatic heterocycles. The maximum absolute atomic E-state index is 10.9. The van der Waals surface area contributed by atoms with E-state index in [-0.39, 0.29) is 23.2 Å². The highest BCUT2D eigenvalue weighted by atomic mass is 35.5. The Hall–Kier alpha value is -2.05. The topological polar surface area (TPSA) is 74.5 Å². The van der Waals surface area contributed by atoms with Gasteiger partial charge in [0.05, 0.1) is 23.1 Å². The second-order valence-corrected chi connectivity index (χ2v) is 4.77. The molecule has 6 nitrogen and oxygen atoms in total. The summed E-state index contributed by atoms with van der Waals surface area (Å²) in [5, 5.41) is 11.6. The molecule has 0 spiro atoms. The van der Waals surface area contributed by atoms with Crippen LogP contribution in [-0.2, 0) is 6.61 Å². The van der Waals surface area contributed by atoms with Gasteiger partial charge in [0.25, 0.3) is 0 Å². The van der Waals surface area contributed by atoms with E-state index in [0.29, 0.717) is 16.3 Å². The molecule has 1 aromatic heterocycles. The fourth-order valence-corrected chi connectivity index (χ4v) is 2.03. The van der Waals surface area contributed by atoms with Gasteiger partial charge in [0, 0.05) is 11.8 Å². The summed E-state index contributed by atoms with van der Waals surface area (Å²) in [7, 11) is 1.36. The third-order valence-electron chi connectivity index (χ3n) is 2.64. The summed E-state index contributed by atoms with van der Waals surface area (Å²) in [4.78, 5) is 14.3. The summed E-state index contributed by atoms with van der Waals surface area (Å²) < 4.78 is 10.4. The summed E-state index contributed by atoms with van der Waals surface area (Å²) in [6.07, 6.45) is 1.49. The van der Waals surface area contributed by atoms with E-state index in [4.69, 9.17) is 32.7 Å². The number of nitro groups is 1. The number of ether oxygens (including phenoxy) is 2. The van der Waals surface area contributed by atoms with Gasteiger partial charge in [-0.3, -0.25) is 10.1 Å². The molecule has 0 bridgehead atoms. The van der Waals surface area contributed by atoms with Crippen molar-refractivity contribution >= 4 is 28.9 Å². The van der Waals surface area contributed by atoms with Gasteiger partial charge in [0.15, 0.2) is 5.75 Å². The number of hydrogen-bond acceptors (Lipinski definition) is 5. The van der Waals surface area contributed by atoms with Crippen molar-refractivity contribution in [2.24, 2.45) is 0 Å². The van der Waals surface area contributed by atoms with Gasteiger partial charge in [0.2, 0.25) is 0 Å². The van der Waals surface area contributed by atoms with Gasteiger partial charge < -0.3 is 9.47 Å². The highest BCUT2D eigenvalue weighted by Gasteiger charge is 2.16. The van der Waals surface area contributed by atoms with Crippen molar-refractivity contribution in [3.63, 3.8) is 0 Å². The molecular formula is C13H10Cl2N2O4. The molecule has 0 radical (unpaired) electrons. The Kier molecular flexibility index (Phi) is 4.82. The first-order chi connectivity index (χ1) is 10.0. The van der Waals surface area contributed by atoms with Gasteiger partial charge >= 0.3 is 5.69 Å². The lowest BCUT2D eigenvalue weighted by Crippen LogP contribution is -1.99. The number of hydrogen-bond donors (Lipinski definition) is 0. The zero-order valence-electron chi connectivity index (χ0n) is 10.9. The lowest BCUT2D eigenvalue weighted by molar-refractivity contribution is -0.385. The molecule has 110 valence electrons. The summed E-state index contributed by atoms with van der Waals surface area (Å²) >= 11 is 11.7. The molecule has 0 N–H and O–H groups in total. The van der Waals surface area contributed by atoms with Crippen molar-refractivity contribution < 1.29 is 14.4 Å². The maximum Gasteiger partial charge on any atom is 0.314 e. The zero-order valence-corrected chi connectivity index (χ0v) is 12.4. The fraction of sp³-hybridized carbons (Fsp3) is 0.154. The van der Waals surface area contributed by atoms with Gasteiger partial charge in [-0.2, -0.15) is 0 Å². The third-order valence-corrected chi connectivity index (χ3v) is 3.20. The van der Waals surface area contributed by atoms with Gasteiger partial charge in [-0.1, -0.05) is 23.2 Å². The third kappa shape index (κ3) is 3.74. The van der Waals surface area contributed by atoms with Crippen molar-refractivity contribution in [3.8, 4) is 11.5 Å². The Labute approximate surface area is 130 Å². The molecule has 0 fully saturated rings. The standard InChI is InChI=1S/C13H10Cl2N2O4/c1-20-12-3-2-9(4-11(12)17(18)19)21-7-8-6-16-13(15)5-10(8)14/h2-6H,7H2,1H3. The van der Waals surface area contributed by atoms with Crippen LogP contribution in [-0.4, -0.2) is 17.0 Å². The number of methoxy groups -OCH3 is 1. The molecule has 0 aliphatic carbocycles. The zero-order chi connectivity index (χ0) is 15.4. The van der Waals surface area contributed by atoms with Crippen LogP contribution in [0.1, 0.15) is 5.56 Å². The summed E-state index contributed by atoms with van der Waals surface area (Å²) in [5.41, 5.74) is 0.454. The van der Waals surface area contributed by atoms with Crippen LogP contribution in [0, 0.1) is 10.1 Å². The largest absolute Gasteiger partial charge is 0.490 e. The van der Waals surface area contributed by atoms with Crippen molar-refractivity contribution in [1.29, 1.82) is 0 Å². The first-order valence-electron chi connectivity index (χ1n) is 5.76. The minimum atomic E-state index is -0.539. The molecule has 1 aromatic carbocycles. The van der Waals surface area contributed by atoms with E-state index in [1.54, 1.807) is 6.07 Å². The van der Waals surface area contributed by atoms with E-state index in [1.807, 2.05) is 0 Å². The molecule has 0 amide bonds. The Bertz CT molecular complexity index is 679. The van der Waals surface area contributed by atoms with Crippen LogP contribution in [0.2, 0.25) is 10.2 Å². The van der Waals surface area contributed by atoms with Crippen molar-refractivity contribution in [3.05, 3.63) is 56.3 Å². The Balaban J connectivity index is 2.16. The van der Waals surface area contributed by atoms with Crippen LogP contribution >= 0.6 is 23.2 Å². The quantitative estimate of drug-likeness (QED) is 0.473. The Morgan fingerprint density at radius 2 is 2.10 bits per heavy atom. The molecule has 0 saturated carbocycles. The van der Waals surface area contributed by atoms with E-state index in [0.717, 1.165) is 0 Å². The van der Waals surface area contributed by atoms with Crippen LogP contribution in [0.25, 0.3) is 0 Å². The number of nitrogens with zero attached hydrogens (tertiary/aromatic N) is 2. The second kappa shape index (κ2) is 6.60. The average Bonchev–Trinajstić information content (AvgIpc) is 2.46. The predicted octanol–water partition coefficient (Wildman–Crippen LogP) is 3.88. The molecule has 2 rings (SSSR count). The van der Waals surface area contributed by atoms with Crippen LogP contribution in [0.5, 0.6) is 11.5 Å². The molecule has 0 saturated heterocycles. The van der Waals surface area contributed by atoms with E-state index >= 15 is 0 Å². The van der Waals surface area contributed by atoms with Crippen molar-refractivity contribution in [2.75, 3.05) is 7.11 Å². The minimum Gasteiger partial charge on any atom is -0.490 e. The Morgan fingerprint density at radius 1 is 1.33 bits per heavy atom. The molecule has 0 aliphatic rings. The van der Waals surface area contributed by atoms with E-state index in [2.05, 4.69) is 4.98 Å². The minimum absolute atomic E-state index is 0.118. The first kappa shape index (κ1) is 15.3. The van der Waals surface area contributed by atoms with Crippen molar-refractivity contribution in [2.45, 2.75) is 6.61 Å². The van der Waals surface area contributed by atoms with Crippen LogP contribution in [0.4, 0.5) is 5.69 Å².